The van der Waals surface area contributed by atoms with Gasteiger partial charge in [0.1, 0.15) is 11.7 Å². The number of rotatable bonds is 7. The summed E-state index contributed by atoms with van der Waals surface area (Å²) in [7, 11) is 0. The van der Waals surface area contributed by atoms with E-state index in [0.717, 1.165) is 38.5 Å². The lowest BCUT2D eigenvalue weighted by Gasteiger charge is -2.24. The molecule has 0 aromatic heterocycles. The first-order valence-corrected chi connectivity index (χ1v) is 7.60. The zero-order valence-electron chi connectivity index (χ0n) is 12.6. The fourth-order valence-electron chi connectivity index (χ4n) is 2.33. The van der Waals surface area contributed by atoms with E-state index in [9.17, 15) is 4.79 Å². The SMILES string of the molecule is CCCCCC(C)(C)OOC(=O)OC1CCCCC1. The summed E-state index contributed by atoms with van der Waals surface area (Å²) in [6.07, 6.45) is 8.95. The normalized spacial score (nSPS) is 17.2. The molecule has 0 aromatic carbocycles. The van der Waals surface area contributed by atoms with Gasteiger partial charge in [-0.15, -0.1) is 0 Å². The lowest BCUT2D eigenvalue weighted by Crippen LogP contribution is -2.28. The highest BCUT2D eigenvalue weighted by Gasteiger charge is 2.24. The number of unbranched alkanes of at least 4 members (excludes halogenated alkanes) is 2. The van der Waals surface area contributed by atoms with Crippen LogP contribution in [0.15, 0.2) is 0 Å². The fraction of sp³-hybridized carbons (Fsp3) is 0.933. The van der Waals surface area contributed by atoms with E-state index in [0.29, 0.717) is 0 Å². The topological polar surface area (TPSA) is 44.8 Å². The van der Waals surface area contributed by atoms with Gasteiger partial charge in [-0.05, 0) is 46.0 Å². The van der Waals surface area contributed by atoms with Crippen molar-refractivity contribution in [3.8, 4) is 0 Å². The van der Waals surface area contributed by atoms with Gasteiger partial charge in [-0.25, -0.2) is 4.79 Å². The van der Waals surface area contributed by atoms with Crippen LogP contribution in [-0.2, 0) is 14.5 Å². The number of hydrogen-bond acceptors (Lipinski definition) is 4. The Bertz CT molecular complexity index is 257. The van der Waals surface area contributed by atoms with E-state index in [4.69, 9.17) is 14.5 Å². The standard InChI is InChI=1S/C15H28O4/c1-4-5-9-12-15(2,3)19-18-14(16)17-13-10-7-6-8-11-13/h13H,4-12H2,1-3H3. The predicted molar refractivity (Wildman–Crippen MR) is 73.7 cm³/mol. The van der Waals surface area contributed by atoms with E-state index in [1.807, 2.05) is 13.8 Å². The number of carbonyl (C=O) groups is 1. The average molecular weight is 272 g/mol. The maximum absolute atomic E-state index is 11.5. The average Bonchev–Trinajstić information content (AvgIpc) is 2.38. The third kappa shape index (κ3) is 7.41. The maximum Gasteiger partial charge on any atom is 0.540 e. The monoisotopic (exact) mass is 272 g/mol. The third-order valence-corrected chi connectivity index (χ3v) is 3.53. The number of carbonyl (C=O) groups excluding carboxylic acids is 1. The quantitative estimate of drug-likeness (QED) is 0.290. The van der Waals surface area contributed by atoms with Crippen molar-refractivity contribution in [2.75, 3.05) is 0 Å². The zero-order valence-corrected chi connectivity index (χ0v) is 12.6. The minimum Gasteiger partial charge on any atom is -0.429 e. The first-order valence-electron chi connectivity index (χ1n) is 7.60. The first-order chi connectivity index (χ1) is 9.03. The number of hydrogen-bond donors (Lipinski definition) is 0. The molecule has 4 nitrogen and oxygen atoms in total. The Morgan fingerprint density at radius 1 is 1.16 bits per heavy atom. The Kier molecular flexibility index (Phi) is 7.21. The van der Waals surface area contributed by atoms with Gasteiger partial charge in [-0.1, -0.05) is 32.6 Å². The van der Waals surface area contributed by atoms with E-state index < -0.39 is 11.8 Å². The summed E-state index contributed by atoms with van der Waals surface area (Å²) < 4.78 is 5.23. The Morgan fingerprint density at radius 2 is 1.84 bits per heavy atom. The molecule has 0 atom stereocenters. The van der Waals surface area contributed by atoms with Crippen LogP contribution in [0.2, 0.25) is 0 Å². The summed E-state index contributed by atoms with van der Waals surface area (Å²) in [5, 5.41) is 0. The van der Waals surface area contributed by atoms with Crippen LogP contribution in [0.1, 0.15) is 78.6 Å². The largest absolute Gasteiger partial charge is 0.540 e. The van der Waals surface area contributed by atoms with E-state index in [1.165, 1.54) is 19.3 Å². The molecule has 1 aliphatic carbocycles. The molecule has 0 heterocycles. The highest BCUT2D eigenvalue weighted by Crippen LogP contribution is 2.22. The minimum absolute atomic E-state index is 0.00746. The van der Waals surface area contributed by atoms with Crippen LogP contribution < -0.4 is 0 Å². The molecule has 19 heavy (non-hydrogen) atoms. The molecule has 1 aliphatic rings. The summed E-state index contributed by atoms with van der Waals surface area (Å²) in [6.45, 7) is 6.01. The molecule has 0 aromatic rings. The Hall–Kier alpha value is -0.770. The van der Waals surface area contributed by atoms with Crippen molar-refractivity contribution < 1.29 is 19.3 Å². The van der Waals surface area contributed by atoms with Crippen molar-refractivity contribution in [3.63, 3.8) is 0 Å². The van der Waals surface area contributed by atoms with Gasteiger partial charge in [0.2, 0.25) is 0 Å². The Balaban J connectivity index is 2.17. The van der Waals surface area contributed by atoms with Crippen LogP contribution in [0, 0.1) is 0 Å². The molecule has 0 radical (unpaired) electrons. The molecule has 0 amide bonds. The van der Waals surface area contributed by atoms with Gasteiger partial charge in [-0.2, -0.15) is 4.89 Å². The fourth-order valence-corrected chi connectivity index (χ4v) is 2.33. The van der Waals surface area contributed by atoms with Crippen LogP contribution in [0.3, 0.4) is 0 Å². The van der Waals surface area contributed by atoms with Gasteiger partial charge in [0, 0.05) is 0 Å². The molecule has 0 saturated heterocycles. The van der Waals surface area contributed by atoms with Crippen LogP contribution in [-0.4, -0.2) is 17.9 Å². The highest BCUT2D eigenvalue weighted by atomic mass is 17.2. The molecule has 112 valence electrons. The van der Waals surface area contributed by atoms with Crippen molar-refractivity contribution in [1.29, 1.82) is 0 Å². The van der Waals surface area contributed by atoms with Crippen molar-refractivity contribution in [2.24, 2.45) is 0 Å². The second-order valence-corrected chi connectivity index (χ2v) is 6.01. The smallest absolute Gasteiger partial charge is 0.429 e. The van der Waals surface area contributed by atoms with Gasteiger partial charge in [-0.3, -0.25) is 4.89 Å². The van der Waals surface area contributed by atoms with E-state index in [1.54, 1.807) is 0 Å². The molecule has 1 rings (SSSR count). The van der Waals surface area contributed by atoms with Gasteiger partial charge in [0.25, 0.3) is 0 Å². The number of ether oxygens (including phenoxy) is 1. The van der Waals surface area contributed by atoms with E-state index in [-0.39, 0.29) is 6.10 Å². The second-order valence-electron chi connectivity index (χ2n) is 6.01. The van der Waals surface area contributed by atoms with Crippen LogP contribution >= 0.6 is 0 Å². The molecule has 1 saturated carbocycles. The third-order valence-electron chi connectivity index (χ3n) is 3.53. The molecule has 4 heteroatoms. The minimum atomic E-state index is -0.699. The van der Waals surface area contributed by atoms with E-state index >= 15 is 0 Å². The summed E-state index contributed by atoms with van der Waals surface area (Å²) in [6, 6.07) is 0. The Morgan fingerprint density at radius 3 is 2.47 bits per heavy atom. The Labute approximate surface area is 116 Å². The van der Waals surface area contributed by atoms with Crippen LogP contribution in [0.5, 0.6) is 0 Å². The lowest BCUT2D eigenvalue weighted by atomic mass is 9.98. The van der Waals surface area contributed by atoms with Gasteiger partial charge in [0.15, 0.2) is 0 Å². The zero-order chi connectivity index (χ0) is 14.1. The highest BCUT2D eigenvalue weighted by molar-refractivity contribution is 5.59. The summed E-state index contributed by atoms with van der Waals surface area (Å²) in [4.78, 5) is 21.5. The maximum atomic E-state index is 11.5. The molecule has 0 bridgehead atoms. The lowest BCUT2D eigenvalue weighted by molar-refractivity contribution is -0.320. The van der Waals surface area contributed by atoms with Crippen molar-refractivity contribution in [2.45, 2.75) is 90.3 Å². The molecular weight excluding hydrogens is 244 g/mol. The van der Waals surface area contributed by atoms with Gasteiger partial charge in [0.05, 0.1) is 0 Å². The molecule has 1 fully saturated rings. The summed E-state index contributed by atoms with van der Waals surface area (Å²) in [5.41, 5.74) is -0.444. The molecular formula is C15H28O4. The van der Waals surface area contributed by atoms with Crippen molar-refractivity contribution in [3.05, 3.63) is 0 Å². The molecule has 0 spiro atoms. The van der Waals surface area contributed by atoms with Gasteiger partial charge >= 0.3 is 6.16 Å². The summed E-state index contributed by atoms with van der Waals surface area (Å²) in [5.74, 6) is 0. The first kappa shape index (κ1) is 16.3. The van der Waals surface area contributed by atoms with Crippen LogP contribution in [0.4, 0.5) is 4.79 Å². The van der Waals surface area contributed by atoms with Crippen molar-refractivity contribution in [1.82, 2.24) is 0 Å². The molecule has 0 unspecified atom stereocenters. The van der Waals surface area contributed by atoms with Crippen molar-refractivity contribution >= 4 is 6.16 Å². The second kappa shape index (κ2) is 8.41. The molecule has 0 N–H and O–H groups in total. The van der Waals surface area contributed by atoms with E-state index in [2.05, 4.69) is 6.92 Å². The predicted octanol–water partition coefficient (Wildman–Crippen LogP) is 4.76. The molecule has 0 aliphatic heterocycles. The summed E-state index contributed by atoms with van der Waals surface area (Å²) >= 11 is 0. The van der Waals surface area contributed by atoms with Crippen LogP contribution in [0.25, 0.3) is 0 Å². The van der Waals surface area contributed by atoms with Gasteiger partial charge < -0.3 is 4.74 Å².